The van der Waals surface area contributed by atoms with Gasteiger partial charge in [-0.15, -0.1) is 12.6 Å². The molecule has 0 bridgehead atoms. The molecule has 1 aromatic carbocycles. The summed E-state index contributed by atoms with van der Waals surface area (Å²) in [6.45, 7) is 5.34. The van der Waals surface area contributed by atoms with Crippen molar-refractivity contribution in [3.63, 3.8) is 0 Å². The maximum Gasteiger partial charge on any atom is 1.00 e. The first-order chi connectivity index (χ1) is 6.33. The number of benzene rings is 1. The van der Waals surface area contributed by atoms with Crippen molar-refractivity contribution >= 4 is 0 Å². The first-order valence-electron chi connectivity index (χ1n) is 5.03. The van der Waals surface area contributed by atoms with Gasteiger partial charge in [0.2, 0.25) is 0 Å². The number of rotatable bonds is 5. The summed E-state index contributed by atoms with van der Waals surface area (Å²) in [7, 11) is 0. The monoisotopic (exact) mass is 261 g/mol. The topological polar surface area (TPSA) is 14.1 Å². The molecule has 1 atom stereocenters. The molecule has 0 radical (unpaired) electrons. The Balaban J connectivity index is 0.00000169. The summed E-state index contributed by atoms with van der Waals surface area (Å²) >= 11 is 0. The fourth-order valence-corrected chi connectivity index (χ4v) is 1.37. The normalized spacial score (nSPS) is 11.9. The van der Waals surface area contributed by atoms with E-state index in [1.165, 1.54) is 5.56 Å². The Bertz CT molecular complexity index is 223. The summed E-state index contributed by atoms with van der Waals surface area (Å²) in [6, 6.07) is 11.0. The number of nitrogens with zero attached hydrogens (tertiary/aromatic N) is 1. The zero-order chi connectivity index (χ0) is 9.52. The Kier molecular flexibility index (Phi) is 9.88. The van der Waals surface area contributed by atoms with Gasteiger partial charge in [0.05, 0.1) is 0 Å². The molecule has 1 unspecified atom stereocenters. The van der Waals surface area contributed by atoms with E-state index in [1.54, 1.807) is 0 Å². The minimum atomic E-state index is 0. The van der Waals surface area contributed by atoms with Gasteiger partial charge in [-0.1, -0.05) is 50.6 Å². The van der Waals surface area contributed by atoms with Gasteiger partial charge in [0.1, 0.15) is 0 Å². The molecule has 0 saturated heterocycles. The molecule has 0 fully saturated rings. The molecule has 0 N–H and O–H groups in total. The molecular formula is C12H18NRb. The van der Waals surface area contributed by atoms with Gasteiger partial charge in [-0.25, -0.2) is 0 Å². The van der Waals surface area contributed by atoms with E-state index in [1.807, 2.05) is 0 Å². The van der Waals surface area contributed by atoms with Crippen molar-refractivity contribution in [2.45, 2.75) is 32.7 Å². The third-order valence-corrected chi connectivity index (χ3v) is 2.04. The molecule has 1 rings (SSSR count). The Hall–Kier alpha value is 0.985. The molecular weight excluding hydrogens is 244 g/mol. The Morgan fingerprint density at radius 2 is 1.86 bits per heavy atom. The molecule has 1 nitrogen and oxygen atoms in total. The van der Waals surface area contributed by atoms with Gasteiger partial charge >= 0.3 is 58.2 Å². The fourth-order valence-electron chi connectivity index (χ4n) is 1.37. The predicted octanol–water partition coefficient (Wildman–Crippen LogP) is 0.405. The van der Waals surface area contributed by atoms with Crippen molar-refractivity contribution < 1.29 is 58.2 Å². The average Bonchev–Trinajstić information content (AvgIpc) is 2.16. The van der Waals surface area contributed by atoms with Crippen LogP contribution in [0, 0.1) is 0 Å². The predicted molar refractivity (Wildman–Crippen MR) is 58.1 cm³/mol. The van der Waals surface area contributed by atoms with E-state index in [4.69, 9.17) is 0 Å². The maximum absolute atomic E-state index is 4.54. The van der Waals surface area contributed by atoms with Crippen LogP contribution in [0.15, 0.2) is 30.3 Å². The summed E-state index contributed by atoms with van der Waals surface area (Å²) in [6.07, 6.45) is 2.22. The van der Waals surface area contributed by atoms with Crippen LogP contribution in [-0.4, -0.2) is 12.6 Å². The fraction of sp³-hybridized carbons (Fsp3) is 0.500. The molecule has 2 heteroatoms. The molecule has 0 saturated carbocycles. The summed E-state index contributed by atoms with van der Waals surface area (Å²) in [5, 5.41) is 4.54. The molecule has 72 valence electrons. The van der Waals surface area contributed by atoms with Gasteiger partial charge in [0, 0.05) is 0 Å². The van der Waals surface area contributed by atoms with Crippen LogP contribution in [0.2, 0.25) is 0 Å². The van der Waals surface area contributed by atoms with Crippen LogP contribution in [0.1, 0.15) is 25.8 Å². The molecule has 0 heterocycles. The van der Waals surface area contributed by atoms with Gasteiger partial charge in [0.15, 0.2) is 0 Å². The standard InChI is InChI=1S/C12H18N.Rb/c1-3-9-13-11(2)10-12-7-5-4-6-8-12;/h4-8,11H,3,9-10H2,1-2H3;/q-1;+1. The molecule has 0 aliphatic rings. The summed E-state index contributed by atoms with van der Waals surface area (Å²) in [4.78, 5) is 0. The van der Waals surface area contributed by atoms with Gasteiger partial charge in [-0.2, -0.15) is 0 Å². The summed E-state index contributed by atoms with van der Waals surface area (Å²) in [5.74, 6) is 0. The van der Waals surface area contributed by atoms with E-state index in [0.717, 1.165) is 19.4 Å². The maximum atomic E-state index is 4.54. The number of hydrogen-bond acceptors (Lipinski definition) is 0. The van der Waals surface area contributed by atoms with E-state index in [0.29, 0.717) is 6.04 Å². The Morgan fingerprint density at radius 3 is 2.43 bits per heavy atom. The quantitative estimate of drug-likeness (QED) is 0.729. The van der Waals surface area contributed by atoms with Crippen molar-refractivity contribution in [3.05, 3.63) is 41.2 Å². The van der Waals surface area contributed by atoms with Crippen molar-refractivity contribution in [2.75, 3.05) is 6.54 Å². The van der Waals surface area contributed by atoms with E-state index >= 15 is 0 Å². The van der Waals surface area contributed by atoms with Gasteiger partial charge in [-0.3, -0.25) is 0 Å². The van der Waals surface area contributed by atoms with Crippen molar-refractivity contribution in [3.8, 4) is 0 Å². The minimum Gasteiger partial charge on any atom is -0.659 e. The van der Waals surface area contributed by atoms with Crippen molar-refractivity contribution in [2.24, 2.45) is 0 Å². The van der Waals surface area contributed by atoms with E-state index in [9.17, 15) is 0 Å². The second-order valence-corrected chi connectivity index (χ2v) is 3.44. The Labute approximate surface area is 136 Å². The third-order valence-electron chi connectivity index (χ3n) is 2.04. The molecule has 0 amide bonds. The van der Waals surface area contributed by atoms with Crippen LogP contribution in [0.25, 0.3) is 5.32 Å². The largest absolute Gasteiger partial charge is 1.00 e. The van der Waals surface area contributed by atoms with Crippen molar-refractivity contribution in [1.82, 2.24) is 0 Å². The first-order valence-corrected chi connectivity index (χ1v) is 5.03. The summed E-state index contributed by atoms with van der Waals surface area (Å²) in [5.41, 5.74) is 1.38. The van der Waals surface area contributed by atoms with Crippen LogP contribution < -0.4 is 58.2 Å². The van der Waals surface area contributed by atoms with Crippen molar-refractivity contribution in [1.29, 1.82) is 0 Å². The summed E-state index contributed by atoms with van der Waals surface area (Å²) < 4.78 is 0. The van der Waals surface area contributed by atoms with Gasteiger partial charge in [0.25, 0.3) is 0 Å². The second-order valence-electron chi connectivity index (χ2n) is 3.44. The van der Waals surface area contributed by atoms with E-state index in [2.05, 4.69) is 49.5 Å². The molecule has 0 aliphatic carbocycles. The molecule has 0 spiro atoms. The van der Waals surface area contributed by atoms with Gasteiger partial charge in [-0.05, 0) is 12.0 Å². The second kappa shape index (κ2) is 9.23. The van der Waals surface area contributed by atoms with Crippen LogP contribution in [0.4, 0.5) is 0 Å². The Morgan fingerprint density at radius 1 is 1.21 bits per heavy atom. The smallest absolute Gasteiger partial charge is 0.659 e. The zero-order valence-electron chi connectivity index (χ0n) is 9.53. The average molecular weight is 262 g/mol. The van der Waals surface area contributed by atoms with Crippen LogP contribution in [0.3, 0.4) is 0 Å². The zero-order valence-corrected chi connectivity index (χ0v) is 14.4. The number of hydrogen-bond donors (Lipinski definition) is 0. The SMILES string of the molecule is CCC[N-]C(C)Cc1ccccc1.[Rb+]. The molecule has 0 aliphatic heterocycles. The first kappa shape index (κ1) is 15.0. The van der Waals surface area contributed by atoms with Crippen LogP contribution in [0.5, 0.6) is 0 Å². The van der Waals surface area contributed by atoms with E-state index < -0.39 is 0 Å². The van der Waals surface area contributed by atoms with Crippen LogP contribution >= 0.6 is 0 Å². The van der Waals surface area contributed by atoms with Crippen LogP contribution in [-0.2, 0) is 6.42 Å². The third kappa shape index (κ3) is 6.47. The van der Waals surface area contributed by atoms with Gasteiger partial charge < -0.3 is 5.32 Å². The van der Waals surface area contributed by atoms with E-state index in [-0.39, 0.29) is 58.2 Å². The molecule has 1 aromatic rings. The molecule has 0 aromatic heterocycles. The minimum absolute atomic E-state index is 0. The molecule has 14 heavy (non-hydrogen) atoms.